The second-order valence-electron chi connectivity index (χ2n) is 5.31. The van der Waals surface area contributed by atoms with Gasteiger partial charge in [0.15, 0.2) is 5.69 Å². The topological polar surface area (TPSA) is 89.3 Å². The number of nitrogens with one attached hydrogen (secondary N) is 1. The zero-order valence-electron chi connectivity index (χ0n) is 14.1. The Kier molecular flexibility index (Phi) is 5.65. The average Bonchev–Trinajstić information content (AvgIpc) is 2.90. The molecule has 0 amide bonds. The van der Waals surface area contributed by atoms with Crippen molar-refractivity contribution < 1.29 is 27.8 Å². The zero-order chi connectivity index (χ0) is 19.6. The smallest absolute Gasteiger partial charge is 0.408 e. The molecule has 2 rings (SSSR count). The summed E-state index contributed by atoms with van der Waals surface area (Å²) in [5.74, 6) is -1.18. The first-order valence-electron chi connectivity index (χ1n) is 7.47. The van der Waals surface area contributed by atoms with Crippen molar-refractivity contribution in [2.75, 3.05) is 12.4 Å². The summed E-state index contributed by atoms with van der Waals surface area (Å²) in [5.41, 5.74) is 0.231. The van der Waals surface area contributed by atoms with Crippen LogP contribution >= 0.6 is 11.6 Å². The minimum atomic E-state index is -4.44. The molecule has 0 aliphatic heterocycles. The number of methoxy groups -OCH3 is 1. The number of pyridine rings is 1. The fourth-order valence-electron chi connectivity index (χ4n) is 2.23. The Morgan fingerprint density at radius 2 is 2.15 bits per heavy atom. The number of nitrogens with zero attached hydrogens (tertiary/aromatic N) is 3. The number of hydrogen-bond acceptors (Lipinski definition) is 5. The van der Waals surface area contributed by atoms with E-state index in [-0.39, 0.29) is 28.0 Å². The minimum Gasteiger partial charge on any atom is -0.496 e. The first-order valence-corrected chi connectivity index (χ1v) is 7.85. The number of aromatic nitrogens is 3. The molecule has 2 aromatic heterocycles. The molecule has 142 valence electrons. The molecule has 0 radical (unpaired) electrons. The summed E-state index contributed by atoms with van der Waals surface area (Å²) in [6.07, 6.45) is -3.18. The highest BCUT2D eigenvalue weighted by Gasteiger charge is 2.36. The monoisotopic (exact) mass is 392 g/mol. The molecule has 2 heterocycles. The first-order chi connectivity index (χ1) is 12.1. The summed E-state index contributed by atoms with van der Waals surface area (Å²) in [4.78, 5) is 15.2. The van der Waals surface area contributed by atoms with Crippen LogP contribution < -0.4 is 10.1 Å². The van der Waals surface area contributed by atoms with E-state index in [0.717, 1.165) is 6.92 Å². The predicted octanol–water partition coefficient (Wildman–Crippen LogP) is 3.69. The van der Waals surface area contributed by atoms with E-state index in [1.807, 2.05) is 0 Å². The molecule has 0 unspecified atom stereocenters. The fraction of sp³-hybridized carbons (Fsp3) is 0.400. The number of carbonyl (C=O) groups is 1. The SMILES string of the molecule is CCn1nc(C(=O)O)c(Cl)c1-c1cnc(N[C@H](C)C(F)(F)F)cc1OC. The predicted molar refractivity (Wildman–Crippen MR) is 88.8 cm³/mol. The molecule has 11 heteroatoms. The largest absolute Gasteiger partial charge is 0.496 e. The van der Waals surface area contributed by atoms with Crippen molar-refractivity contribution in [2.45, 2.75) is 32.6 Å². The van der Waals surface area contributed by atoms with Gasteiger partial charge in [0.1, 0.15) is 22.6 Å². The van der Waals surface area contributed by atoms with E-state index in [4.69, 9.17) is 21.4 Å². The summed E-state index contributed by atoms with van der Waals surface area (Å²) >= 11 is 6.14. The Labute approximate surface area is 151 Å². The van der Waals surface area contributed by atoms with Crippen molar-refractivity contribution in [3.8, 4) is 17.0 Å². The van der Waals surface area contributed by atoms with Crippen LogP contribution in [0.2, 0.25) is 5.02 Å². The lowest BCUT2D eigenvalue weighted by Gasteiger charge is -2.19. The van der Waals surface area contributed by atoms with E-state index in [9.17, 15) is 18.0 Å². The third-order valence-electron chi connectivity index (χ3n) is 3.59. The first kappa shape index (κ1) is 19.8. The highest BCUT2D eigenvalue weighted by atomic mass is 35.5. The van der Waals surface area contributed by atoms with E-state index < -0.39 is 18.2 Å². The maximum Gasteiger partial charge on any atom is 0.408 e. The molecule has 0 saturated carbocycles. The third kappa shape index (κ3) is 3.85. The van der Waals surface area contributed by atoms with Crippen molar-refractivity contribution in [1.82, 2.24) is 14.8 Å². The Hall–Kier alpha value is -2.49. The van der Waals surface area contributed by atoms with Gasteiger partial charge in [0, 0.05) is 18.8 Å². The van der Waals surface area contributed by atoms with Crippen LogP contribution in [0.5, 0.6) is 5.75 Å². The van der Waals surface area contributed by atoms with Gasteiger partial charge in [-0.2, -0.15) is 18.3 Å². The molecule has 2 N–H and O–H groups in total. The molecule has 0 spiro atoms. The van der Waals surface area contributed by atoms with Gasteiger partial charge < -0.3 is 15.2 Å². The standard InChI is InChI=1S/C15H16ClF3N4O3/c1-4-23-13(11(16)12(22-23)14(24)25)8-6-20-10(5-9(8)26-3)21-7(2)15(17,18)19/h5-7H,4H2,1-3H3,(H,20,21)(H,24,25)/t7-/m1/s1. The highest BCUT2D eigenvalue weighted by Crippen LogP contribution is 2.37. The molecule has 0 aliphatic carbocycles. The molecule has 26 heavy (non-hydrogen) atoms. The molecule has 0 bridgehead atoms. The average molecular weight is 393 g/mol. The van der Waals surface area contributed by atoms with Gasteiger partial charge >= 0.3 is 12.1 Å². The number of halogens is 4. The van der Waals surface area contributed by atoms with Crippen LogP contribution in [0.15, 0.2) is 12.3 Å². The minimum absolute atomic E-state index is 0.0485. The van der Waals surface area contributed by atoms with Crippen molar-refractivity contribution in [2.24, 2.45) is 0 Å². The second kappa shape index (κ2) is 7.40. The number of alkyl halides is 3. The Balaban J connectivity index is 2.50. The molecule has 0 aromatic carbocycles. The Morgan fingerprint density at radius 1 is 1.50 bits per heavy atom. The van der Waals surface area contributed by atoms with E-state index >= 15 is 0 Å². The number of aromatic carboxylic acids is 1. The zero-order valence-corrected chi connectivity index (χ0v) is 14.8. The number of hydrogen-bond donors (Lipinski definition) is 2. The van der Waals surface area contributed by atoms with Gasteiger partial charge in [-0.05, 0) is 13.8 Å². The molecule has 0 aliphatic rings. The van der Waals surface area contributed by atoms with Gasteiger partial charge in [-0.1, -0.05) is 11.6 Å². The number of ether oxygens (including phenoxy) is 1. The van der Waals surface area contributed by atoms with Crippen LogP contribution in [0.25, 0.3) is 11.3 Å². The summed E-state index contributed by atoms with van der Waals surface area (Å²) in [6, 6.07) is -0.532. The third-order valence-corrected chi connectivity index (χ3v) is 3.95. The van der Waals surface area contributed by atoms with Crippen molar-refractivity contribution in [3.05, 3.63) is 23.0 Å². The molecule has 0 fully saturated rings. The van der Waals surface area contributed by atoms with Crippen LogP contribution in [0.1, 0.15) is 24.3 Å². The van der Waals surface area contributed by atoms with E-state index in [0.29, 0.717) is 12.1 Å². The van der Waals surface area contributed by atoms with Gasteiger partial charge in [0.2, 0.25) is 0 Å². The summed E-state index contributed by atoms with van der Waals surface area (Å²) in [6.45, 7) is 3.01. The van der Waals surface area contributed by atoms with E-state index in [1.165, 1.54) is 24.1 Å². The van der Waals surface area contributed by atoms with Crippen LogP contribution in [-0.2, 0) is 6.54 Å². The second-order valence-corrected chi connectivity index (χ2v) is 5.69. The highest BCUT2D eigenvalue weighted by molar-refractivity contribution is 6.35. The maximum absolute atomic E-state index is 12.7. The molecule has 7 nitrogen and oxygen atoms in total. The Morgan fingerprint density at radius 3 is 2.65 bits per heavy atom. The lowest BCUT2D eigenvalue weighted by Crippen LogP contribution is -2.33. The lowest BCUT2D eigenvalue weighted by molar-refractivity contribution is -0.138. The molecular weight excluding hydrogens is 377 g/mol. The molecular formula is C15H16ClF3N4O3. The van der Waals surface area contributed by atoms with Gasteiger partial charge in [-0.15, -0.1) is 0 Å². The number of carboxylic acids is 1. The van der Waals surface area contributed by atoms with Crippen molar-refractivity contribution in [3.63, 3.8) is 0 Å². The fourth-order valence-corrected chi connectivity index (χ4v) is 2.55. The molecule has 1 atom stereocenters. The van der Waals surface area contributed by atoms with Crippen LogP contribution in [0.4, 0.5) is 19.0 Å². The van der Waals surface area contributed by atoms with Crippen LogP contribution in [0, 0.1) is 0 Å². The molecule has 0 saturated heterocycles. The van der Waals surface area contributed by atoms with Crippen molar-refractivity contribution >= 4 is 23.4 Å². The number of anilines is 1. The van der Waals surface area contributed by atoms with Gasteiger partial charge in [0.25, 0.3) is 0 Å². The van der Waals surface area contributed by atoms with Crippen LogP contribution in [0.3, 0.4) is 0 Å². The summed E-state index contributed by atoms with van der Waals surface area (Å²) < 4.78 is 44.6. The summed E-state index contributed by atoms with van der Waals surface area (Å²) in [7, 11) is 1.33. The normalized spacial score (nSPS) is 12.7. The van der Waals surface area contributed by atoms with Crippen molar-refractivity contribution in [1.29, 1.82) is 0 Å². The maximum atomic E-state index is 12.7. The number of aryl methyl sites for hydroxylation is 1. The van der Waals surface area contributed by atoms with Gasteiger partial charge in [-0.25, -0.2) is 9.78 Å². The number of rotatable bonds is 6. The lowest BCUT2D eigenvalue weighted by atomic mass is 10.1. The quantitative estimate of drug-likeness (QED) is 0.779. The van der Waals surface area contributed by atoms with Gasteiger partial charge in [0.05, 0.1) is 18.4 Å². The van der Waals surface area contributed by atoms with E-state index in [2.05, 4.69) is 15.4 Å². The number of carboxylic acid groups (broad SMARTS) is 1. The van der Waals surface area contributed by atoms with Gasteiger partial charge in [-0.3, -0.25) is 4.68 Å². The summed E-state index contributed by atoms with van der Waals surface area (Å²) in [5, 5.41) is 15.2. The van der Waals surface area contributed by atoms with Crippen LogP contribution in [-0.4, -0.2) is 45.2 Å². The Bertz CT molecular complexity index is 823. The molecule has 2 aromatic rings. The van der Waals surface area contributed by atoms with E-state index in [1.54, 1.807) is 6.92 Å².